The molecule has 1 amide bonds. The van der Waals surface area contributed by atoms with Crippen LogP contribution < -0.4 is 5.32 Å². The highest BCUT2D eigenvalue weighted by Crippen LogP contribution is 2.30. The molecule has 7 nitrogen and oxygen atoms in total. The van der Waals surface area contributed by atoms with Gasteiger partial charge in [-0.3, -0.25) is 9.59 Å². The van der Waals surface area contributed by atoms with Crippen LogP contribution in [-0.2, 0) is 24.3 Å². The summed E-state index contributed by atoms with van der Waals surface area (Å²) in [7, 11) is -1.98. The Hall–Kier alpha value is -1.93. The number of rotatable bonds is 9. The van der Waals surface area contributed by atoms with Gasteiger partial charge in [0.2, 0.25) is 10.0 Å². The number of sulfonamides is 1. The first-order valence-electron chi connectivity index (χ1n) is 8.37. The minimum absolute atomic E-state index is 0.0537. The van der Waals surface area contributed by atoms with E-state index in [4.69, 9.17) is 4.74 Å². The molecule has 1 aromatic rings. The van der Waals surface area contributed by atoms with Gasteiger partial charge >= 0.3 is 5.97 Å². The third-order valence-electron chi connectivity index (χ3n) is 3.93. The molecule has 1 aliphatic rings. The third kappa shape index (κ3) is 5.54. The zero-order chi connectivity index (χ0) is 18.4. The van der Waals surface area contributed by atoms with Gasteiger partial charge in [0, 0.05) is 19.3 Å². The maximum atomic E-state index is 12.4. The van der Waals surface area contributed by atoms with Crippen molar-refractivity contribution >= 4 is 27.6 Å². The van der Waals surface area contributed by atoms with Crippen LogP contribution in [0.3, 0.4) is 0 Å². The average molecular weight is 368 g/mol. The number of carbonyl (C=O) groups is 2. The van der Waals surface area contributed by atoms with E-state index >= 15 is 0 Å². The van der Waals surface area contributed by atoms with Gasteiger partial charge in [-0.1, -0.05) is 13.3 Å². The molecule has 8 heteroatoms. The lowest BCUT2D eigenvalue weighted by Crippen LogP contribution is -2.28. The quantitative estimate of drug-likeness (QED) is 0.673. The largest absolute Gasteiger partial charge is 0.455 e. The van der Waals surface area contributed by atoms with Crippen LogP contribution in [0.15, 0.2) is 29.2 Å². The van der Waals surface area contributed by atoms with Crippen LogP contribution >= 0.6 is 0 Å². The number of ether oxygens (including phenoxy) is 1. The number of benzene rings is 1. The monoisotopic (exact) mass is 368 g/mol. The second-order valence-electron chi connectivity index (χ2n) is 6.13. The number of carbonyl (C=O) groups excluding carboxylic acids is 2. The molecule has 0 radical (unpaired) electrons. The van der Waals surface area contributed by atoms with Crippen molar-refractivity contribution in [3.05, 3.63) is 24.3 Å². The molecule has 1 saturated carbocycles. The number of unbranched alkanes of at least 4 members (excludes halogenated alkanes) is 1. The SMILES string of the molecule is CCCCN(C)S(=O)(=O)c1ccc(NC(=O)COC(=O)C2CC2)cc1. The van der Waals surface area contributed by atoms with Crippen molar-refractivity contribution in [2.45, 2.75) is 37.5 Å². The summed E-state index contributed by atoms with van der Waals surface area (Å²) in [4.78, 5) is 23.3. The lowest BCUT2D eigenvalue weighted by atomic mass is 10.3. The summed E-state index contributed by atoms with van der Waals surface area (Å²) in [5.41, 5.74) is 0.447. The van der Waals surface area contributed by atoms with Gasteiger partial charge in [-0.05, 0) is 43.5 Å². The highest BCUT2D eigenvalue weighted by molar-refractivity contribution is 7.89. The normalized spacial score (nSPS) is 14.4. The van der Waals surface area contributed by atoms with E-state index in [2.05, 4.69) is 5.32 Å². The van der Waals surface area contributed by atoms with Crippen LogP contribution in [0.4, 0.5) is 5.69 Å². The van der Waals surface area contributed by atoms with Crippen LogP contribution in [0.25, 0.3) is 0 Å². The van der Waals surface area contributed by atoms with E-state index in [-0.39, 0.29) is 23.4 Å². The molecule has 0 spiro atoms. The molecule has 0 atom stereocenters. The van der Waals surface area contributed by atoms with E-state index in [0.29, 0.717) is 12.2 Å². The van der Waals surface area contributed by atoms with E-state index in [1.807, 2.05) is 6.92 Å². The lowest BCUT2D eigenvalue weighted by molar-refractivity contribution is -0.148. The van der Waals surface area contributed by atoms with Gasteiger partial charge in [0.05, 0.1) is 10.8 Å². The number of anilines is 1. The molecular weight excluding hydrogens is 344 g/mol. The minimum Gasteiger partial charge on any atom is -0.455 e. The summed E-state index contributed by atoms with van der Waals surface area (Å²) in [5, 5.41) is 2.57. The van der Waals surface area contributed by atoms with E-state index in [9.17, 15) is 18.0 Å². The summed E-state index contributed by atoms with van der Waals surface area (Å²) in [6, 6.07) is 5.93. The molecule has 1 aromatic carbocycles. The fraction of sp³-hybridized carbons (Fsp3) is 0.529. The third-order valence-corrected chi connectivity index (χ3v) is 5.80. The Kier molecular flexibility index (Phi) is 6.55. The van der Waals surface area contributed by atoms with Crippen LogP contribution in [0, 0.1) is 5.92 Å². The van der Waals surface area contributed by atoms with Crippen molar-refractivity contribution in [2.24, 2.45) is 5.92 Å². The summed E-state index contributed by atoms with van der Waals surface area (Å²) >= 11 is 0. The van der Waals surface area contributed by atoms with Gasteiger partial charge in [-0.25, -0.2) is 12.7 Å². The predicted octanol–water partition coefficient (Wildman–Crippen LogP) is 2.00. The molecule has 0 heterocycles. The second-order valence-corrected chi connectivity index (χ2v) is 8.18. The standard InChI is InChI=1S/C17H24N2O5S/c1-3-4-11-19(2)25(22,23)15-9-7-14(8-10-15)18-16(20)12-24-17(21)13-5-6-13/h7-10,13H,3-6,11-12H2,1-2H3,(H,18,20). The molecule has 0 bridgehead atoms. The summed E-state index contributed by atoms with van der Waals surface area (Å²) in [6.45, 7) is 2.12. The predicted molar refractivity (Wildman–Crippen MR) is 93.5 cm³/mol. The first kappa shape index (κ1) is 19.4. The van der Waals surface area contributed by atoms with E-state index < -0.39 is 15.9 Å². The molecule has 0 unspecified atom stereocenters. The summed E-state index contributed by atoms with van der Waals surface area (Å²) in [5.74, 6) is -0.849. The lowest BCUT2D eigenvalue weighted by Gasteiger charge is -2.17. The Labute approximate surface area is 148 Å². The highest BCUT2D eigenvalue weighted by atomic mass is 32.2. The maximum Gasteiger partial charge on any atom is 0.309 e. The van der Waals surface area contributed by atoms with Crippen molar-refractivity contribution in [2.75, 3.05) is 25.5 Å². The highest BCUT2D eigenvalue weighted by Gasteiger charge is 2.31. The molecule has 0 aromatic heterocycles. The Balaban J connectivity index is 1.90. The Morgan fingerprint density at radius 1 is 1.24 bits per heavy atom. The second kappa shape index (κ2) is 8.44. The van der Waals surface area contributed by atoms with E-state index in [1.54, 1.807) is 7.05 Å². The van der Waals surface area contributed by atoms with Crippen LogP contribution in [0.2, 0.25) is 0 Å². The van der Waals surface area contributed by atoms with Gasteiger partial charge in [-0.2, -0.15) is 0 Å². The number of amides is 1. The number of nitrogens with one attached hydrogen (secondary N) is 1. The number of hydrogen-bond acceptors (Lipinski definition) is 5. The number of esters is 1. The molecule has 2 rings (SSSR count). The first-order chi connectivity index (χ1) is 11.8. The fourth-order valence-electron chi connectivity index (χ4n) is 2.16. The van der Waals surface area contributed by atoms with E-state index in [1.165, 1.54) is 28.6 Å². The Bertz CT molecular complexity index is 711. The Morgan fingerprint density at radius 2 is 1.88 bits per heavy atom. The average Bonchev–Trinajstić information content (AvgIpc) is 3.43. The van der Waals surface area contributed by atoms with Gasteiger partial charge in [0.15, 0.2) is 6.61 Å². The van der Waals surface area contributed by atoms with Crippen molar-refractivity contribution in [1.29, 1.82) is 0 Å². The zero-order valence-electron chi connectivity index (χ0n) is 14.5. The van der Waals surface area contributed by atoms with Crippen LogP contribution in [0.5, 0.6) is 0 Å². The van der Waals surface area contributed by atoms with E-state index in [0.717, 1.165) is 25.7 Å². The summed E-state index contributed by atoms with van der Waals surface area (Å²) < 4.78 is 31.0. The molecule has 1 aliphatic carbocycles. The first-order valence-corrected chi connectivity index (χ1v) is 9.81. The van der Waals surface area contributed by atoms with Crippen molar-refractivity contribution < 1.29 is 22.7 Å². The Morgan fingerprint density at radius 3 is 2.44 bits per heavy atom. The smallest absolute Gasteiger partial charge is 0.309 e. The fourth-order valence-corrected chi connectivity index (χ4v) is 3.37. The minimum atomic E-state index is -3.53. The van der Waals surface area contributed by atoms with Crippen molar-refractivity contribution in [3.63, 3.8) is 0 Å². The van der Waals surface area contributed by atoms with Gasteiger partial charge in [0.25, 0.3) is 5.91 Å². The number of hydrogen-bond donors (Lipinski definition) is 1. The molecule has 0 aliphatic heterocycles. The van der Waals surface area contributed by atoms with Gasteiger partial charge in [0.1, 0.15) is 0 Å². The summed E-state index contributed by atoms with van der Waals surface area (Å²) in [6.07, 6.45) is 3.35. The zero-order valence-corrected chi connectivity index (χ0v) is 15.3. The van der Waals surface area contributed by atoms with Crippen LogP contribution in [-0.4, -0.2) is 44.8 Å². The molecule has 1 N–H and O–H groups in total. The maximum absolute atomic E-state index is 12.4. The van der Waals surface area contributed by atoms with Crippen molar-refractivity contribution in [3.8, 4) is 0 Å². The molecule has 25 heavy (non-hydrogen) atoms. The topological polar surface area (TPSA) is 92.8 Å². The van der Waals surface area contributed by atoms with Gasteiger partial charge < -0.3 is 10.1 Å². The van der Waals surface area contributed by atoms with Gasteiger partial charge in [-0.15, -0.1) is 0 Å². The molecule has 1 fully saturated rings. The van der Waals surface area contributed by atoms with Crippen LogP contribution in [0.1, 0.15) is 32.6 Å². The molecule has 138 valence electrons. The molecule has 0 saturated heterocycles. The molecular formula is C17H24N2O5S. The van der Waals surface area contributed by atoms with Crippen molar-refractivity contribution in [1.82, 2.24) is 4.31 Å². The number of nitrogens with zero attached hydrogens (tertiary/aromatic N) is 1.